The van der Waals surface area contributed by atoms with Crippen LogP contribution in [0, 0.1) is 0 Å². The van der Waals surface area contributed by atoms with Gasteiger partial charge in [0.05, 0.1) is 18.3 Å². The largest absolute Gasteiger partial charge is 0.338 e. The van der Waals surface area contributed by atoms with Crippen LogP contribution < -0.4 is 10.5 Å². The first-order chi connectivity index (χ1) is 14.5. The Morgan fingerprint density at radius 1 is 1.13 bits per heavy atom. The van der Waals surface area contributed by atoms with Gasteiger partial charge in [0.1, 0.15) is 0 Å². The molecule has 0 spiro atoms. The molecule has 3 heterocycles. The zero-order chi connectivity index (χ0) is 21.1. The zero-order valence-corrected chi connectivity index (χ0v) is 17.8. The maximum absolute atomic E-state index is 12.8. The van der Waals surface area contributed by atoms with Crippen LogP contribution in [0.3, 0.4) is 0 Å². The molecular weight excluding hydrogens is 404 g/mol. The molecule has 30 heavy (non-hydrogen) atoms. The lowest BCUT2D eigenvalue weighted by molar-refractivity contribution is -0.0421. The van der Waals surface area contributed by atoms with Gasteiger partial charge in [-0.25, -0.2) is 19.0 Å². The minimum Gasteiger partial charge on any atom is -0.338 e. The lowest BCUT2D eigenvalue weighted by atomic mass is 10.1. The minimum atomic E-state index is -1.35. The lowest BCUT2D eigenvalue weighted by Crippen LogP contribution is -2.53. The summed E-state index contributed by atoms with van der Waals surface area (Å²) in [7, 11) is 1.98. The van der Waals surface area contributed by atoms with E-state index in [-0.39, 0.29) is 11.7 Å². The maximum Gasteiger partial charge on any atom is 0.267 e. The van der Waals surface area contributed by atoms with Crippen LogP contribution in [0.25, 0.3) is 11.3 Å². The van der Waals surface area contributed by atoms with E-state index in [1.165, 1.54) is 16.3 Å². The monoisotopic (exact) mass is 427 g/mol. The summed E-state index contributed by atoms with van der Waals surface area (Å²) in [5, 5.41) is 4.48. The Hall–Kier alpha value is -2.70. The van der Waals surface area contributed by atoms with Gasteiger partial charge in [0.15, 0.2) is 0 Å². The molecule has 0 amide bonds. The molecule has 1 aliphatic heterocycles. The van der Waals surface area contributed by atoms with E-state index in [9.17, 15) is 9.18 Å². The van der Waals surface area contributed by atoms with Crippen LogP contribution in [0.1, 0.15) is 18.1 Å². The number of aryl methyl sites for hydroxylation is 1. The molecule has 2 unspecified atom stereocenters. The van der Waals surface area contributed by atoms with E-state index in [0.717, 1.165) is 17.5 Å². The van der Waals surface area contributed by atoms with Gasteiger partial charge < -0.3 is 9.64 Å². The normalized spacial score (nSPS) is 15.1. The summed E-state index contributed by atoms with van der Waals surface area (Å²) in [5.41, 5.74) is 3.45. The summed E-state index contributed by atoms with van der Waals surface area (Å²) in [4.78, 5) is 22.9. The van der Waals surface area contributed by atoms with Gasteiger partial charge >= 0.3 is 0 Å². The molecule has 3 aromatic rings. The fourth-order valence-corrected chi connectivity index (χ4v) is 3.48. The molecule has 1 aliphatic rings. The van der Waals surface area contributed by atoms with Gasteiger partial charge in [-0.15, -0.1) is 0 Å². The quantitative estimate of drug-likeness (QED) is 0.540. The highest BCUT2D eigenvalue weighted by Gasteiger charge is 2.30. The van der Waals surface area contributed by atoms with E-state index >= 15 is 0 Å². The van der Waals surface area contributed by atoms with Crippen molar-refractivity contribution < 1.29 is 9.13 Å². The fraction of sp³-hybridized carbons (Fsp3) is 0.333. The highest BCUT2D eigenvalue weighted by molar-refractivity contribution is 7.16. The Labute approximate surface area is 176 Å². The molecule has 1 fully saturated rings. The zero-order valence-electron chi connectivity index (χ0n) is 16.6. The standard InChI is InChI=1S/C21H23FN5O2P/c1-2-14-3-5-15(6-4-14)11-27-19(28)8-7-18(25-27)16-9-23-21(24-10-16)26-12-17(13-26)29-20(22)30/h3-10,17,20H,2,11-13,30H2,1H3. The van der Waals surface area contributed by atoms with Crippen LogP contribution in [0.4, 0.5) is 10.3 Å². The first-order valence-electron chi connectivity index (χ1n) is 9.80. The van der Waals surface area contributed by atoms with Crippen molar-refractivity contribution in [3.63, 3.8) is 0 Å². The summed E-state index contributed by atoms with van der Waals surface area (Å²) < 4.78 is 19.4. The summed E-state index contributed by atoms with van der Waals surface area (Å²) in [6, 6.07) is 11.3. The van der Waals surface area contributed by atoms with E-state index < -0.39 is 6.10 Å². The van der Waals surface area contributed by atoms with Crippen molar-refractivity contribution in [2.45, 2.75) is 32.1 Å². The Bertz CT molecular complexity index is 1050. The van der Waals surface area contributed by atoms with Gasteiger partial charge in [-0.05, 0) is 23.6 Å². The lowest BCUT2D eigenvalue weighted by Gasteiger charge is -2.38. The molecule has 7 nitrogen and oxygen atoms in total. The van der Waals surface area contributed by atoms with E-state index in [4.69, 9.17) is 4.74 Å². The Balaban J connectivity index is 1.46. The van der Waals surface area contributed by atoms with Crippen LogP contribution in [0.15, 0.2) is 53.6 Å². The van der Waals surface area contributed by atoms with Crippen LogP contribution in [0.2, 0.25) is 0 Å². The molecule has 0 N–H and O–H groups in total. The molecule has 1 saturated heterocycles. The third-order valence-electron chi connectivity index (χ3n) is 5.02. The molecular formula is C21H23FN5O2P. The summed E-state index contributed by atoms with van der Waals surface area (Å²) in [6.45, 7) is 3.61. The van der Waals surface area contributed by atoms with Gasteiger partial charge in [-0.3, -0.25) is 4.79 Å². The summed E-state index contributed by atoms with van der Waals surface area (Å²) in [5.74, 6) is 0.557. The first-order valence-corrected chi connectivity index (χ1v) is 10.5. The average molecular weight is 427 g/mol. The van der Waals surface area contributed by atoms with Crippen LogP contribution in [-0.4, -0.2) is 45.0 Å². The molecule has 0 aliphatic carbocycles. The smallest absolute Gasteiger partial charge is 0.267 e. The number of anilines is 1. The Morgan fingerprint density at radius 2 is 1.80 bits per heavy atom. The van der Waals surface area contributed by atoms with E-state index in [2.05, 4.69) is 34.1 Å². The summed E-state index contributed by atoms with van der Waals surface area (Å²) >= 11 is 0. The second-order valence-corrected chi connectivity index (χ2v) is 7.69. The summed E-state index contributed by atoms with van der Waals surface area (Å²) in [6.07, 6.45) is 2.82. The molecule has 9 heteroatoms. The third kappa shape index (κ3) is 4.71. The number of nitrogens with zero attached hydrogens (tertiary/aromatic N) is 5. The molecule has 1 aromatic carbocycles. The van der Waals surface area contributed by atoms with Gasteiger partial charge in [-0.1, -0.05) is 40.4 Å². The van der Waals surface area contributed by atoms with Gasteiger partial charge in [0.25, 0.3) is 5.56 Å². The number of ether oxygens (including phenoxy) is 1. The number of alkyl halides is 1. The molecule has 0 saturated carbocycles. The van der Waals surface area contributed by atoms with E-state index in [1.807, 2.05) is 26.3 Å². The minimum absolute atomic E-state index is 0.155. The predicted octanol–water partition coefficient (Wildman–Crippen LogP) is 2.64. The van der Waals surface area contributed by atoms with Crippen molar-refractivity contribution in [1.29, 1.82) is 0 Å². The molecule has 156 valence electrons. The molecule has 4 rings (SSSR count). The number of benzene rings is 1. The Morgan fingerprint density at radius 3 is 2.43 bits per heavy atom. The third-order valence-corrected chi connectivity index (χ3v) is 5.17. The molecule has 0 bridgehead atoms. The van der Waals surface area contributed by atoms with E-state index in [1.54, 1.807) is 18.5 Å². The highest BCUT2D eigenvalue weighted by Crippen LogP contribution is 2.22. The molecule has 2 aromatic heterocycles. The average Bonchev–Trinajstić information content (AvgIpc) is 2.73. The number of aromatic nitrogens is 4. The van der Waals surface area contributed by atoms with Crippen molar-refractivity contribution in [3.8, 4) is 11.3 Å². The van der Waals surface area contributed by atoms with Gasteiger partial charge in [-0.2, -0.15) is 5.10 Å². The van der Waals surface area contributed by atoms with Crippen molar-refractivity contribution >= 4 is 15.2 Å². The molecule has 2 atom stereocenters. The number of rotatable bonds is 7. The van der Waals surface area contributed by atoms with Crippen LogP contribution >= 0.6 is 9.24 Å². The number of hydrogen-bond donors (Lipinski definition) is 0. The predicted molar refractivity (Wildman–Crippen MR) is 116 cm³/mol. The van der Waals surface area contributed by atoms with Gasteiger partial charge in [0, 0.05) is 37.1 Å². The molecule has 0 radical (unpaired) electrons. The van der Waals surface area contributed by atoms with Crippen molar-refractivity contribution in [2.24, 2.45) is 0 Å². The van der Waals surface area contributed by atoms with Crippen molar-refractivity contribution in [2.75, 3.05) is 18.0 Å². The first kappa shape index (κ1) is 20.6. The van der Waals surface area contributed by atoms with Crippen LogP contribution in [-0.2, 0) is 17.7 Å². The van der Waals surface area contributed by atoms with Crippen LogP contribution in [0.5, 0.6) is 0 Å². The number of hydrogen-bond acceptors (Lipinski definition) is 6. The second-order valence-electron chi connectivity index (χ2n) is 7.17. The van der Waals surface area contributed by atoms with Crippen molar-refractivity contribution in [3.05, 3.63) is 70.3 Å². The Kier molecular flexibility index (Phi) is 6.16. The number of halogens is 1. The highest BCUT2D eigenvalue weighted by atomic mass is 31.0. The van der Waals surface area contributed by atoms with Gasteiger partial charge in [0.2, 0.25) is 12.0 Å². The van der Waals surface area contributed by atoms with Crippen molar-refractivity contribution in [1.82, 2.24) is 19.7 Å². The second kappa shape index (κ2) is 8.98. The maximum atomic E-state index is 12.8. The SMILES string of the molecule is CCc1ccc(Cn2nc(-c3cnc(N4CC(OC(F)P)C4)nc3)ccc2=O)cc1. The van der Waals surface area contributed by atoms with E-state index in [0.29, 0.717) is 31.3 Å². The fourth-order valence-electron chi connectivity index (χ4n) is 3.26. The topological polar surface area (TPSA) is 73.1 Å².